The van der Waals surface area contributed by atoms with Gasteiger partial charge in [-0.1, -0.05) is 23.7 Å². The van der Waals surface area contributed by atoms with Gasteiger partial charge in [-0.25, -0.2) is 4.79 Å². The highest BCUT2D eigenvalue weighted by Crippen LogP contribution is 2.17. The lowest BCUT2D eigenvalue weighted by molar-refractivity contribution is 0.0952. The maximum atomic E-state index is 12.4. The summed E-state index contributed by atoms with van der Waals surface area (Å²) in [6, 6.07) is 6.72. The summed E-state index contributed by atoms with van der Waals surface area (Å²) in [5, 5.41) is 25.3. The van der Waals surface area contributed by atoms with Gasteiger partial charge in [0.2, 0.25) is 0 Å². The highest BCUT2D eigenvalue weighted by molar-refractivity contribution is 6.30. The molecule has 2 aromatic heterocycles. The Labute approximate surface area is 175 Å². The molecular formula is C18H20ClN7O4. The van der Waals surface area contributed by atoms with E-state index in [0.29, 0.717) is 17.1 Å². The average molecular weight is 434 g/mol. The fraction of sp³-hybridized carbons (Fsp3) is 0.333. The summed E-state index contributed by atoms with van der Waals surface area (Å²) in [6.07, 6.45) is 0.299. The monoisotopic (exact) mass is 433 g/mol. The van der Waals surface area contributed by atoms with E-state index < -0.39 is 23.3 Å². The molecule has 0 fully saturated rings. The molecule has 1 aromatic carbocycles. The number of nitrogens with zero attached hydrogens (tertiary/aromatic N) is 6. The van der Waals surface area contributed by atoms with Gasteiger partial charge < -0.3 is 10.4 Å². The number of amides is 1. The Morgan fingerprint density at radius 2 is 1.97 bits per heavy atom. The summed E-state index contributed by atoms with van der Waals surface area (Å²) in [5.41, 5.74) is -0.834. The van der Waals surface area contributed by atoms with Gasteiger partial charge in [0.1, 0.15) is 11.7 Å². The van der Waals surface area contributed by atoms with E-state index in [1.807, 2.05) is 0 Å². The van der Waals surface area contributed by atoms with Gasteiger partial charge in [0.25, 0.3) is 11.5 Å². The minimum atomic E-state index is -0.881. The van der Waals surface area contributed by atoms with Gasteiger partial charge in [-0.2, -0.15) is 4.80 Å². The molecular weight excluding hydrogens is 414 g/mol. The van der Waals surface area contributed by atoms with Crippen LogP contribution >= 0.6 is 11.6 Å². The van der Waals surface area contributed by atoms with Gasteiger partial charge >= 0.3 is 5.69 Å². The molecule has 0 aliphatic rings. The number of benzene rings is 1. The molecule has 0 saturated carbocycles. The third-order valence-electron chi connectivity index (χ3n) is 4.33. The lowest BCUT2D eigenvalue weighted by Crippen LogP contribution is -2.42. The molecule has 0 saturated heterocycles. The van der Waals surface area contributed by atoms with Crippen molar-refractivity contribution in [3.05, 3.63) is 73.3 Å². The molecule has 0 bridgehead atoms. The van der Waals surface area contributed by atoms with Crippen molar-refractivity contribution in [2.45, 2.75) is 26.1 Å². The summed E-state index contributed by atoms with van der Waals surface area (Å²) >= 11 is 5.84. The lowest BCUT2D eigenvalue weighted by Gasteiger charge is -2.10. The summed E-state index contributed by atoms with van der Waals surface area (Å²) in [6.45, 7) is 2.00. The van der Waals surface area contributed by atoms with Gasteiger partial charge in [0.15, 0.2) is 5.82 Å². The van der Waals surface area contributed by atoms with E-state index in [4.69, 9.17) is 11.6 Å². The van der Waals surface area contributed by atoms with Crippen LogP contribution in [0.25, 0.3) is 0 Å². The molecule has 3 aromatic rings. The zero-order chi connectivity index (χ0) is 21.8. The number of carbonyl (C=O) groups is 1. The fourth-order valence-electron chi connectivity index (χ4n) is 2.77. The van der Waals surface area contributed by atoms with E-state index in [2.05, 4.69) is 20.7 Å². The molecule has 3 rings (SSSR count). The molecule has 0 unspecified atom stereocenters. The Balaban J connectivity index is 1.80. The molecule has 0 radical (unpaired) electrons. The zero-order valence-electron chi connectivity index (χ0n) is 16.3. The van der Waals surface area contributed by atoms with Gasteiger partial charge in [-0.3, -0.25) is 18.7 Å². The third-order valence-corrected chi connectivity index (χ3v) is 4.58. The first-order chi connectivity index (χ1) is 14.3. The molecule has 158 valence electrons. The van der Waals surface area contributed by atoms with E-state index >= 15 is 0 Å². The highest BCUT2D eigenvalue weighted by Gasteiger charge is 2.17. The van der Waals surface area contributed by atoms with Crippen molar-refractivity contribution < 1.29 is 9.90 Å². The number of hydrogen-bond donors (Lipinski definition) is 2. The normalized spacial score (nSPS) is 12.0. The van der Waals surface area contributed by atoms with Crippen LogP contribution in [0.4, 0.5) is 0 Å². The maximum Gasteiger partial charge on any atom is 0.331 e. The minimum absolute atomic E-state index is 0.0426. The van der Waals surface area contributed by atoms with Crippen LogP contribution in [0.1, 0.15) is 34.8 Å². The Bertz CT molecular complexity index is 1170. The average Bonchev–Trinajstić information content (AvgIpc) is 3.15. The maximum absolute atomic E-state index is 12.4. The van der Waals surface area contributed by atoms with E-state index in [9.17, 15) is 19.5 Å². The number of nitrogens with one attached hydrogen (secondary N) is 1. The van der Waals surface area contributed by atoms with Crippen LogP contribution < -0.4 is 16.6 Å². The van der Waals surface area contributed by atoms with Gasteiger partial charge in [0.05, 0.1) is 13.1 Å². The van der Waals surface area contributed by atoms with Crippen molar-refractivity contribution in [2.75, 3.05) is 6.54 Å². The van der Waals surface area contributed by atoms with Crippen molar-refractivity contribution in [1.82, 2.24) is 34.7 Å². The Morgan fingerprint density at radius 1 is 1.27 bits per heavy atom. The van der Waals surface area contributed by atoms with E-state index in [1.165, 1.54) is 18.0 Å². The largest absolute Gasteiger partial charge is 0.386 e. The van der Waals surface area contributed by atoms with Crippen LogP contribution in [-0.4, -0.2) is 46.9 Å². The summed E-state index contributed by atoms with van der Waals surface area (Å²) in [7, 11) is 1.29. The first-order valence-electron chi connectivity index (χ1n) is 9.09. The standard InChI is InChI=1S/C18H20ClN7O4/c1-3-20-16(28)13-8-25(18(30)24(2)17(13)29)10-15-21-23-26(22-15)9-14(27)11-4-6-12(19)7-5-11/h4-8,14,27H,3,9-10H2,1-2H3,(H,20,28)/t14-/m0/s1. The van der Waals surface area contributed by atoms with Gasteiger partial charge in [-0.05, 0) is 29.8 Å². The Kier molecular flexibility index (Phi) is 6.43. The van der Waals surface area contributed by atoms with E-state index in [1.54, 1.807) is 31.2 Å². The van der Waals surface area contributed by atoms with Crippen LogP contribution in [0, 0.1) is 0 Å². The molecule has 0 spiro atoms. The van der Waals surface area contributed by atoms with Crippen molar-refractivity contribution in [3.8, 4) is 0 Å². The topological polar surface area (TPSA) is 137 Å². The van der Waals surface area contributed by atoms with Crippen LogP contribution in [0.2, 0.25) is 5.02 Å². The first kappa shape index (κ1) is 21.4. The number of hydrogen-bond acceptors (Lipinski definition) is 7. The second-order valence-electron chi connectivity index (χ2n) is 6.50. The fourth-order valence-corrected chi connectivity index (χ4v) is 2.89. The van der Waals surface area contributed by atoms with Crippen molar-refractivity contribution in [1.29, 1.82) is 0 Å². The first-order valence-corrected chi connectivity index (χ1v) is 9.46. The number of halogens is 1. The number of rotatable bonds is 7. The minimum Gasteiger partial charge on any atom is -0.386 e. The second-order valence-corrected chi connectivity index (χ2v) is 6.94. The van der Waals surface area contributed by atoms with E-state index in [-0.39, 0.29) is 24.5 Å². The predicted octanol–water partition coefficient (Wildman–Crippen LogP) is -0.281. The smallest absolute Gasteiger partial charge is 0.331 e. The highest BCUT2D eigenvalue weighted by atomic mass is 35.5. The molecule has 2 heterocycles. The SMILES string of the molecule is CCNC(=O)c1cn(Cc2nnn(C[C@H](O)c3ccc(Cl)cc3)n2)c(=O)n(C)c1=O. The molecule has 11 nitrogen and oxygen atoms in total. The zero-order valence-corrected chi connectivity index (χ0v) is 17.1. The Hall–Kier alpha value is -3.31. The van der Waals surface area contributed by atoms with Crippen LogP contribution in [0.15, 0.2) is 40.1 Å². The predicted molar refractivity (Wildman–Crippen MR) is 107 cm³/mol. The molecule has 30 heavy (non-hydrogen) atoms. The number of carbonyl (C=O) groups excluding carboxylic acids is 1. The van der Waals surface area contributed by atoms with Gasteiger partial charge in [-0.15, -0.1) is 10.2 Å². The number of aromatic nitrogens is 6. The molecule has 0 aliphatic heterocycles. The molecule has 1 amide bonds. The van der Waals surface area contributed by atoms with Crippen molar-refractivity contribution >= 4 is 17.5 Å². The number of tetrazole rings is 1. The van der Waals surface area contributed by atoms with Crippen molar-refractivity contribution in [2.24, 2.45) is 7.05 Å². The van der Waals surface area contributed by atoms with Crippen LogP contribution in [0.5, 0.6) is 0 Å². The number of aliphatic hydroxyl groups excluding tert-OH is 1. The quantitative estimate of drug-likeness (QED) is 0.522. The van der Waals surface area contributed by atoms with Crippen molar-refractivity contribution in [3.63, 3.8) is 0 Å². The van der Waals surface area contributed by atoms with Gasteiger partial charge in [0, 0.05) is 24.8 Å². The summed E-state index contributed by atoms with van der Waals surface area (Å²) in [5.74, 6) is -0.393. The van der Waals surface area contributed by atoms with Crippen LogP contribution in [0.3, 0.4) is 0 Å². The second kappa shape index (κ2) is 9.01. The summed E-state index contributed by atoms with van der Waals surface area (Å²) < 4.78 is 2.00. The molecule has 1 atom stereocenters. The molecule has 0 aliphatic carbocycles. The van der Waals surface area contributed by atoms with E-state index in [0.717, 1.165) is 9.13 Å². The number of aliphatic hydroxyl groups is 1. The summed E-state index contributed by atoms with van der Waals surface area (Å²) in [4.78, 5) is 37.9. The molecule has 12 heteroatoms. The van der Waals surface area contributed by atoms with Crippen LogP contribution in [-0.2, 0) is 20.1 Å². The molecule has 2 N–H and O–H groups in total. The lowest BCUT2D eigenvalue weighted by atomic mass is 10.1. The third kappa shape index (κ3) is 4.63. The Morgan fingerprint density at radius 3 is 2.63 bits per heavy atom.